The van der Waals surface area contributed by atoms with Crippen molar-refractivity contribution in [3.05, 3.63) is 72.9 Å². The molecule has 0 amide bonds. The Balaban J connectivity index is 4.19. The molecule has 0 aliphatic rings. The van der Waals surface area contributed by atoms with Crippen molar-refractivity contribution < 1.29 is 43.0 Å². The topological polar surface area (TPSA) is 140 Å². The molecule has 0 rings (SSSR count). The largest absolute Gasteiger partial charge is 0.469 e. The van der Waals surface area contributed by atoms with Gasteiger partial charge in [0.25, 0.3) is 0 Å². The second-order valence-electron chi connectivity index (χ2n) is 12.7. The van der Waals surface area contributed by atoms with Crippen molar-refractivity contribution in [2.75, 3.05) is 13.2 Å². The summed E-state index contributed by atoms with van der Waals surface area (Å²) in [7, 11) is -4.81. The maximum Gasteiger partial charge on any atom is 0.469 e. The van der Waals surface area contributed by atoms with Gasteiger partial charge in [0.1, 0.15) is 6.61 Å². The zero-order valence-electron chi connectivity index (χ0n) is 31.6. The molecule has 0 bridgehead atoms. The molecule has 0 aromatic heterocycles. The molecule has 1 unspecified atom stereocenters. The van der Waals surface area contributed by atoms with Crippen molar-refractivity contribution in [3.63, 3.8) is 0 Å². The van der Waals surface area contributed by atoms with Crippen LogP contribution in [0.4, 0.5) is 0 Å². The van der Waals surface area contributed by atoms with Crippen molar-refractivity contribution in [1.82, 2.24) is 0 Å². The Morgan fingerprint density at radius 3 is 1.78 bits per heavy atom. The molecule has 0 radical (unpaired) electrons. The highest BCUT2D eigenvalue weighted by Crippen LogP contribution is 2.36. The monoisotopic (exact) mass is 736 g/mol. The van der Waals surface area contributed by atoms with Crippen LogP contribution in [0.1, 0.15) is 149 Å². The number of allylic oxidation sites excluding steroid dienone is 11. The first-order valence-corrected chi connectivity index (χ1v) is 20.9. The highest BCUT2D eigenvalue weighted by molar-refractivity contribution is 7.46. The van der Waals surface area contributed by atoms with E-state index in [0.29, 0.717) is 19.3 Å². The molecule has 3 N–H and O–H groups in total. The van der Waals surface area contributed by atoms with Gasteiger partial charge in [-0.25, -0.2) is 4.57 Å². The summed E-state index contributed by atoms with van der Waals surface area (Å²) < 4.78 is 26.2. The van der Waals surface area contributed by atoms with Crippen LogP contribution >= 0.6 is 7.82 Å². The first-order chi connectivity index (χ1) is 24.7. The molecule has 292 valence electrons. The molecule has 0 heterocycles. The van der Waals surface area contributed by atoms with Gasteiger partial charge >= 0.3 is 19.8 Å². The molecule has 9 nitrogen and oxygen atoms in total. The van der Waals surface area contributed by atoms with Crippen LogP contribution in [0.25, 0.3) is 0 Å². The van der Waals surface area contributed by atoms with Crippen LogP contribution in [0, 0.1) is 0 Å². The van der Waals surface area contributed by atoms with Gasteiger partial charge in [-0.3, -0.25) is 14.1 Å². The molecule has 0 aromatic rings. The van der Waals surface area contributed by atoms with E-state index in [2.05, 4.69) is 67.0 Å². The lowest BCUT2D eigenvalue weighted by Gasteiger charge is -2.18. The molecule has 0 aromatic carbocycles. The number of carbonyl (C=O) groups is 2. The summed E-state index contributed by atoms with van der Waals surface area (Å²) in [6, 6.07) is 0. The minimum absolute atomic E-state index is 0.0228. The fourth-order valence-electron chi connectivity index (χ4n) is 4.92. The lowest BCUT2D eigenvalue weighted by Crippen LogP contribution is -2.29. The maximum absolute atomic E-state index is 12.4. The van der Waals surface area contributed by atoms with Gasteiger partial charge < -0.3 is 24.4 Å². The third-order valence-electron chi connectivity index (χ3n) is 7.81. The van der Waals surface area contributed by atoms with E-state index in [1.807, 2.05) is 12.2 Å². The quantitative estimate of drug-likeness (QED) is 0.0194. The summed E-state index contributed by atoms with van der Waals surface area (Å²) in [6.45, 7) is 3.37. The number of hydrogen-bond acceptors (Lipinski definition) is 7. The molecule has 51 heavy (non-hydrogen) atoms. The first kappa shape index (κ1) is 48.5. The standard InChI is InChI=1S/C41H69O9P/c1-3-5-7-9-11-13-15-17-18-20-22-24-26-28-30-34-40(43)48-36-39(37-49-51(45,46)47)50-41(44)35-31-33-38(42)32-29-27-25-23-21-19-16-14-12-10-8-6-4-2/h6,8,12-15,19,21,25,27,29,32,38-39,42H,3-5,7,9-11,16-18,20,22-24,26,28,30-31,33-37H2,1-2H3,(H2,45,46,47)/b8-6-,14-12-,15-13-,21-19-,27-25-,32-29+/t38?,39-/m1/s1. The Kier molecular flexibility index (Phi) is 34.0. The molecule has 0 spiro atoms. The smallest absolute Gasteiger partial charge is 0.462 e. The number of unbranched alkanes of at least 4 members (excludes halogenated alkanes) is 11. The molecule has 0 saturated heterocycles. The van der Waals surface area contributed by atoms with E-state index in [-0.39, 0.29) is 19.4 Å². The number of carbonyl (C=O) groups excluding carboxylic acids is 2. The van der Waals surface area contributed by atoms with Gasteiger partial charge in [0, 0.05) is 12.8 Å². The Morgan fingerprint density at radius 2 is 1.18 bits per heavy atom. The van der Waals surface area contributed by atoms with Crippen LogP contribution in [0.5, 0.6) is 0 Å². The molecule has 0 aliphatic heterocycles. The highest BCUT2D eigenvalue weighted by Gasteiger charge is 2.23. The number of esters is 2. The number of aliphatic hydroxyl groups is 1. The summed E-state index contributed by atoms with van der Waals surface area (Å²) in [5.74, 6) is -1.10. The van der Waals surface area contributed by atoms with Crippen molar-refractivity contribution >= 4 is 19.8 Å². The minimum Gasteiger partial charge on any atom is -0.462 e. The van der Waals surface area contributed by atoms with Crippen molar-refractivity contribution in [2.45, 2.75) is 161 Å². The van der Waals surface area contributed by atoms with Gasteiger partial charge in [-0.15, -0.1) is 0 Å². The predicted octanol–water partition coefficient (Wildman–Crippen LogP) is 10.5. The number of rotatable bonds is 34. The van der Waals surface area contributed by atoms with E-state index in [1.54, 1.807) is 12.2 Å². The second-order valence-corrected chi connectivity index (χ2v) is 14.0. The Bertz CT molecular complexity index is 1070. The SMILES string of the molecule is CC/C=C\C/C=C\C/C=C\C/C=C\C=C\C(O)CCCC(=O)O[C@H](COC(=O)CCCCCCCCC/C=C\CCCCCC)COP(=O)(O)O. The molecule has 0 aliphatic carbocycles. The van der Waals surface area contributed by atoms with Gasteiger partial charge in [0.05, 0.1) is 12.7 Å². The van der Waals surface area contributed by atoms with E-state index < -0.39 is 38.6 Å². The average molecular weight is 737 g/mol. The van der Waals surface area contributed by atoms with E-state index >= 15 is 0 Å². The third-order valence-corrected chi connectivity index (χ3v) is 8.30. The van der Waals surface area contributed by atoms with Crippen LogP contribution in [-0.2, 0) is 28.2 Å². The summed E-state index contributed by atoms with van der Waals surface area (Å²) in [5.41, 5.74) is 0. The van der Waals surface area contributed by atoms with Crippen LogP contribution in [0.15, 0.2) is 72.9 Å². The van der Waals surface area contributed by atoms with E-state index in [0.717, 1.165) is 51.4 Å². The van der Waals surface area contributed by atoms with Gasteiger partial charge in [-0.1, -0.05) is 138 Å². The summed E-state index contributed by atoms with van der Waals surface area (Å²) in [4.78, 5) is 42.8. The lowest BCUT2D eigenvalue weighted by atomic mass is 10.1. The number of aliphatic hydroxyl groups excluding tert-OH is 1. The fourth-order valence-corrected chi connectivity index (χ4v) is 5.28. The molecule has 0 saturated carbocycles. The lowest BCUT2D eigenvalue weighted by molar-refractivity contribution is -0.161. The Morgan fingerprint density at radius 1 is 0.627 bits per heavy atom. The average Bonchev–Trinajstić information content (AvgIpc) is 3.09. The van der Waals surface area contributed by atoms with Gasteiger partial charge in [-0.2, -0.15) is 0 Å². The molecule has 2 atom stereocenters. The van der Waals surface area contributed by atoms with E-state index in [1.165, 1.54) is 51.4 Å². The fraction of sp³-hybridized carbons (Fsp3) is 0.659. The molecular formula is C41H69O9P. The molecule has 0 fully saturated rings. The predicted molar refractivity (Wildman–Crippen MR) is 208 cm³/mol. The van der Waals surface area contributed by atoms with E-state index in [9.17, 15) is 19.3 Å². The van der Waals surface area contributed by atoms with Crippen LogP contribution in [-0.4, -0.2) is 52.3 Å². The van der Waals surface area contributed by atoms with Gasteiger partial charge in [-0.05, 0) is 70.6 Å². The third kappa shape index (κ3) is 38.5. The van der Waals surface area contributed by atoms with Crippen molar-refractivity contribution in [2.24, 2.45) is 0 Å². The minimum atomic E-state index is -4.81. The van der Waals surface area contributed by atoms with Crippen molar-refractivity contribution in [1.29, 1.82) is 0 Å². The maximum atomic E-state index is 12.4. The summed E-state index contributed by atoms with van der Waals surface area (Å²) in [6.07, 6.45) is 42.2. The zero-order chi connectivity index (χ0) is 37.7. The molecule has 10 heteroatoms. The normalized spacial score (nSPS) is 13.9. The number of ether oxygens (including phenoxy) is 2. The highest BCUT2D eigenvalue weighted by atomic mass is 31.2. The molecular weight excluding hydrogens is 667 g/mol. The summed E-state index contributed by atoms with van der Waals surface area (Å²) in [5, 5.41) is 10.2. The number of phosphoric ester groups is 1. The van der Waals surface area contributed by atoms with Crippen LogP contribution < -0.4 is 0 Å². The second kappa shape index (κ2) is 35.8. The van der Waals surface area contributed by atoms with Crippen LogP contribution in [0.2, 0.25) is 0 Å². The zero-order valence-corrected chi connectivity index (χ0v) is 32.5. The Labute approximate surface area is 309 Å². The first-order valence-electron chi connectivity index (χ1n) is 19.3. The number of hydrogen-bond donors (Lipinski definition) is 3. The van der Waals surface area contributed by atoms with Crippen LogP contribution in [0.3, 0.4) is 0 Å². The van der Waals surface area contributed by atoms with E-state index in [4.69, 9.17) is 19.3 Å². The van der Waals surface area contributed by atoms with Gasteiger partial charge in [0.15, 0.2) is 6.10 Å². The Hall–Kier alpha value is -2.55. The number of phosphoric acid groups is 1. The van der Waals surface area contributed by atoms with Crippen molar-refractivity contribution in [3.8, 4) is 0 Å². The van der Waals surface area contributed by atoms with Gasteiger partial charge in [0.2, 0.25) is 0 Å². The summed E-state index contributed by atoms with van der Waals surface area (Å²) >= 11 is 0.